The number of thioether (sulfide) groups is 1. The second-order valence-corrected chi connectivity index (χ2v) is 10.6. The minimum Gasteiger partial charge on any atom is -0.365 e. The Morgan fingerprint density at radius 1 is 1.16 bits per heavy atom. The Hall–Kier alpha value is -2.02. The van der Waals surface area contributed by atoms with E-state index in [2.05, 4.69) is 47.7 Å². The Labute approximate surface area is 200 Å². The Balaban J connectivity index is 1.65. The minimum atomic E-state index is -0.294. The molecule has 2 heterocycles. The average Bonchev–Trinajstić information content (AvgIpc) is 2.96. The number of carbonyl (C=O) groups is 2. The molecule has 2 aliphatic rings. The molecule has 4 nitrogen and oxygen atoms in total. The van der Waals surface area contributed by atoms with Crippen molar-refractivity contribution < 1.29 is 9.59 Å². The van der Waals surface area contributed by atoms with Crippen molar-refractivity contribution in [3.8, 4) is 0 Å². The lowest BCUT2D eigenvalue weighted by Crippen LogP contribution is -2.42. The number of imide groups is 1. The summed E-state index contributed by atoms with van der Waals surface area (Å²) in [7, 11) is 2.05. The van der Waals surface area contributed by atoms with Gasteiger partial charge in [-0.3, -0.25) is 14.5 Å². The molecule has 0 saturated carbocycles. The molecular formula is C24H22BrClN2O2S. The van der Waals surface area contributed by atoms with Gasteiger partial charge in [0.05, 0.1) is 17.0 Å². The van der Waals surface area contributed by atoms with E-state index in [4.69, 9.17) is 11.6 Å². The number of amides is 2. The molecule has 160 valence electrons. The van der Waals surface area contributed by atoms with Crippen LogP contribution in [0.15, 0.2) is 51.9 Å². The SMILES string of the molecule is CC1=CC(C)(C)N(C)c2cc(Cl)c(/C=C3\SC(=O)N(Cc4ccc(Br)cc4)C3=O)cc21. The maximum absolute atomic E-state index is 12.9. The zero-order chi connectivity index (χ0) is 22.5. The summed E-state index contributed by atoms with van der Waals surface area (Å²) in [5.41, 5.74) is 4.80. The fraction of sp³-hybridized carbons (Fsp3) is 0.250. The van der Waals surface area contributed by atoms with E-state index in [1.807, 2.05) is 43.4 Å². The molecule has 0 spiro atoms. The normalized spacial score (nSPS) is 19.2. The van der Waals surface area contributed by atoms with Gasteiger partial charge in [0.2, 0.25) is 0 Å². The Bertz CT molecular complexity index is 1150. The van der Waals surface area contributed by atoms with E-state index in [9.17, 15) is 9.59 Å². The summed E-state index contributed by atoms with van der Waals surface area (Å²) >= 11 is 10.9. The molecule has 0 aliphatic carbocycles. The zero-order valence-corrected chi connectivity index (χ0v) is 20.9. The third kappa shape index (κ3) is 4.21. The van der Waals surface area contributed by atoms with Crippen LogP contribution in [0.3, 0.4) is 0 Å². The summed E-state index contributed by atoms with van der Waals surface area (Å²) in [5, 5.41) is 0.279. The molecule has 1 saturated heterocycles. The molecule has 0 unspecified atom stereocenters. The van der Waals surface area contributed by atoms with Gasteiger partial charge in [-0.25, -0.2) is 0 Å². The first-order valence-corrected chi connectivity index (χ1v) is 11.8. The minimum absolute atomic E-state index is 0.113. The largest absolute Gasteiger partial charge is 0.365 e. The van der Waals surface area contributed by atoms with Crippen LogP contribution in [0, 0.1) is 0 Å². The van der Waals surface area contributed by atoms with Gasteiger partial charge in [-0.2, -0.15) is 0 Å². The van der Waals surface area contributed by atoms with Gasteiger partial charge in [0.1, 0.15) is 0 Å². The van der Waals surface area contributed by atoms with Gasteiger partial charge < -0.3 is 4.90 Å². The van der Waals surface area contributed by atoms with Gasteiger partial charge >= 0.3 is 0 Å². The number of anilines is 1. The molecule has 2 aromatic rings. The third-order valence-electron chi connectivity index (χ3n) is 5.75. The maximum Gasteiger partial charge on any atom is 0.293 e. The van der Waals surface area contributed by atoms with Gasteiger partial charge in [-0.05, 0) is 79.6 Å². The Kier molecular flexibility index (Phi) is 5.83. The predicted molar refractivity (Wildman–Crippen MR) is 133 cm³/mol. The molecule has 2 aliphatic heterocycles. The van der Waals surface area contributed by atoms with Crippen LogP contribution in [0.5, 0.6) is 0 Å². The van der Waals surface area contributed by atoms with Gasteiger partial charge in [-0.15, -0.1) is 0 Å². The van der Waals surface area contributed by atoms with E-state index in [1.54, 1.807) is 6.08 Å². The van der Waals surface area contributed by atoms with Gasteiger partial charge in [0.25, 0.3) is 11.1 Å². The van der Waals surface area contributed by atoms with Crippen LogP contribution in [0.4, 0.5) is 10.5 Å². The van der Waals surface area contributed by atoms with Crippen molar-refractivity contribution in [1.82, 2.24) is 4.90 Å². The highest BCUT2D eigenvalue weighted by molar-refractivity contribution is 9.10. The summed E-state index contributed by atoms with van der Waals surface area (Å²) in [5.74, 6) is -0.294. The average molecular weight is 518 g/mol. The Morgan fingerprint density at radius 3 is 2.52 bits per heavy atom. The number of nitrogens with zero attached hydrogens (tertiary/aromatic N) is 2. The summed E-state index contributed by atoms with van der Waals surface area (Å²) < 4.78 is 0.950. The fourth-order valence-corrected chi connectivity index (χ4v) is 5.15. The monoisotopic (exact) mass is 516 g/mol. The first kappa shape index (κ1) is 22.2. The van der Waals surface area contributed by atoms with Crippen molar-refractivity contribution in [1.29, 1.82) is 0 Å². The van der Waals surface area contributed by atoms with Crippen LogP contribution in [-0.4, -0.2) is 28.6 Å². The van der Waals surface area contributed by atoms with Crippen molar-refractivity contribution in [3.05, 3.63) is 73.6 Å². The number of carbonyl (C=O) groups excluding carboxylic acids is 2. The number of rotatable bonds is 3. The number of benzene rings is 2. The lowest BCUT2D eigenvalue weighted by Gasteiger charge is -2.40. The second kappa shape index (κ2) is 8.15. The zero-order valence-electron chi connectivity index (χ0n) is 17.7. The number of halogens is 2. The van der Waals surface area contributed by atoms with Crippen molar-refractivity contribution in [2.75, 3.05) is 11.9 Å². The van der Waals surface area contributed by atoms with Crippen LogP contribution in [0.2, 0.25) is 5.02 Å². The molecule has 0 N–H and O–H groups in total. The van der Waals surface area contributed by atoms with E-state index in [-0.39, 0.29) is 23.2 Å². The molecule has 0 aromatic heterocycles. The van der Waals surface area contributed by atoms with E-state index in [0.717, 1.165) is 44.2 Å². The van der Waals surface area contributed by atoms with Crippen LogP contribution in [-0.2, 0) is 11.3 Å². The number of fused-ring (bicyclic) bond motifs is 1. The topological polar surface area (TPSA) is 40.6 Å². The molecule has 2 amide bonds. The molecule has 7 heteroatoms. The Morgan fingerprint density at radius 2 is 1.84 bits per heavy atom. The first-order chi connectivity index (χ1) is 14.6. The summed E-state index contributed by atoms with van der Waals surface area (Å²) in [6, 6.07) is 11.5. The lowest BCUT2D eigenvalue weighted by atomic mass is 9.88. The van der Waals surface area contributed by atoms with Gasteiger partial charge in [-0.1, -0.05) is 45.7 Å². The third-order valence-corrected chi connectivity index (χ3v) is 7.51. The first-order valence-electron chi connectivity index (χ1n) is 9.84. The van der Waals surface area contributed by atoms with Crippen molar-refractivity contribution >= 4 is 67.8 Å². The molecule has 0 atom stereocenters. The molecule has 0 radical (unpaired) electrons. The molecule has 4 rings (SSSR count). The molecule has 0 bridgehead atoms. The molecule has 2 aromatic carbocycles. The standard InChI is InChI=1S/C24H22BrClN2O2S/c1-14-12-24(2,3)27(4)20-11-19(26)16(9-18(14)20)10-21-22(29)28(23(30)31-21)13-15-5-7-17(25)8-6-15/h5-12H,13H2,1-4H3/b21-10-. The smallest absolute Gasteiger partial charge is 0.293 e. The highest BCUT2D eigenvalue weighted by Crippen LogP contribution is 2.42. The summed E-state index contributed by atoms with van der Waals surface area (Å²) in [6.45, 7) is 6.64. The second-order valence-electron chi connectivity index (χ2n) is 8.33. The van der Waals surface area contributed by atoms with Gasteiger partial charge in [0, 0.05) is 27.8 Å². The highest BCUT2D eigenvalue weighted by atomic mass is 79.9. The lowest BCUT2D eigenvalue weighted by molar-refractivity contribution is -0.123. The van der Waals surface area contributed by atoms with Crippen molar-refractivity contribution in [2.24, 2.45) is 0 Å². The predicted octanol–water partition coefficient (Wildman–Crippen LogP) is 6.97. The van der Waals surface area contributed by atoms with E-state index >= 15 is 0 Å². The van der Waals surface area contributed by atoms with Crippen LogP contribution < -0.4 is 4.90 Å². The van der Waals surface area contributed by atoms with Crippen LogP contribution >= 0.6 is 39.3 Å². The van der Waals surface area contributed by atoms with Crippen LogP contribution in [0.1, 0.15) is 37.5 Å². The number of likely N-dealkylation sites (N-methyl/N-ethyl adjacent to an activating group) is 1. The van der Waals surface area contributed by atoms with E-state index in [1.165, 1.54) is 4.90 Å². The fourth-order valence-electron chi connectivity index (χ4n) is 3.85. The van der Waals surface area contributed by atoms with Crippen molar-refractivity contribution in [3.63, 3.8) is 0 Å². The molecular weight excluding hydrogens is 496 g/mol. The quantitative estimate of drug-likeness (QED) is 0.412. The van der Waals surface area contributed by atoms with E-state index in [0.29, 0.717) is 9.93 Å². The number of allylic oxidation sites excluding steroid dienone is 1. The summed E-state index contributed by atoms with van der Waals surface area (Å²) in [6.07, 6.45) is 3.95. The van der Waals surface area contributed by atoms with E-state index < -0.39 is 0 Å². The molecule has 1 fully saturated rings. The number of hydrogen-bond acceptors (Lipinski definition) is 4. The maximum atomic E-state index is 12.9. The number of hydrogen-bond donors (Lipinski definition) is 0. The van der Waals surface area contributed by atoms with Crippen LogP contribution in [0.25, 0.3) is 11.6 Å². The van der Waals surface area contributed by atoms with Gasteiger partial charge in [0.15, 0.2) is 0 Å². The summed E-state index contributed by atoms with van der Waals surface area (Å²) in [4.78, 5) is 29.3. The highest BCUT2D eigenvalue weighted by Gasteiger charge is 2.35. The van der Waals surface area contributed by atoms with Crippen molar-refractivity contribution in [2.45, 2.75) is 32.9 Å². The molecule has 31 heavy (non-hydrogen) atoms.